The van der Waals surface area contributed by atoms with Gasteiger partial charge in [-0.25, -0.2) is 4.39 Å². The number of amides is 2. The largest absolute Gasteiger partial charge is 0.379 e. The second-order valence-corrected chi connectivity index (χ2v) is 9.01. The fraction of sp³-hybridized carbons (Fsp3) is 0.240. The maximum absolute atomic E-state index is 14.3. The lowest BCUT2D eigenvalue weighted by atomic mass is 9.97. The van der Waals surface area contributed by atoms with Crippen molar-refractivity contribution in [1.29, 1.82) is 0 Å². The zero-order valence-electron chi connectivity index (χ0n) is 18.5. The third-order valence-electron chi connectivity index (χ3n) is 7.17. The minimum absolute atomic E-state index is 0.210. The number of rotatable bonds is 3. The van der Waals surface area contributed by atoms with E-state index < -0.39 is 23.1 Å². The molecule has 2 amide bonds. The molecule has 3 aromatic heterocycles. The SMILES string of the molecule is O=C1NC(=O)c2c1c1c3cc(F)c(=O)cc3[nH]c1c1c2c2cc[nH]cc2n1CCN1CCOCC1. The zero-order valence-corrected chi connectivity index (χ0v) is 18.5. The van der Waals surface area contributed by atoms with Gasteiger partial charge >= 0.3 is 0 Å². The molecule has 7 rings (SSSR count). The molecule has 0 saturated carbocycles. The summed E-state index contributed by atoms with van der Waals surface area (Å²) in [5, 5.41) is 4.76. The number of morpholine rings is 1. The van der Waals surface area contributed by atoms with Gasteiger partial charge in [0.2, 0.25) is 5.43 Å². The van der Waals surface area contributed by atoms with Crippen molar-refractivity contribution in [3.63, 3.8) is 0 Å². The van der Waals surface area contributed by atoms with Crippen molar-refractivity contribution in [2.75, 3.05) is 32.8 Å². The van der Waals surface area contributed by atoms with Crippen LogP contribution in [-0.4, -0.2) is 64.1 Å². The van der Waals surface area contributed by atoms with Crippen molar-refractivity contribution in [1.82, 2.24) is 24.8 Å². The highest BCUT2D eigenvalue weighted by Crippen LogP contribution is 2.43. The molecule has 5 heterocycles. The first-order valence-corrected chi connectivity index (χ1v) is 11.5. The van der Waals surface area contributed by atoms with E-state index in [0.717, 1.165) is 42.1 Å². The second kappa shape index (κ2) is 7.24. The first-order valence-electron chi connectivity index (χ1n) is 11.5. The monoisotopic (exact) mass is 473 g/mol. The van der Waals surface area contributed by atoms with Crippen molar-refractivity contribution in [2.24, 2.45) is 0 Å². The molecule has 2 aliphatic rings. The maximum Gasteiger partial charge on any atom is 0.259 e. The molecule has 0 spiro atoms. The van der Waals surface area contributed by atoms with Gasteiger partial charge in [0.05, 0.1) is 46.4 Å². The Kier molecular flexibility index (Phi) is 4.21. The standard InChI is InChI=1S/C25H20FN5O4/c26-14-9-13-15(10-17(14)32)28-22-18(13)20-21(25(34)29-24(20)33)19-12-1-2-27-11-16(12)31(23(19)22)4-3-30-5-7-35-8-6-30/h1-2,9-11,27-28H,3-8H2,(H,29,33,34). The van der Waals surface area contributed by atoms with Crippen LogP contribution in [0.5, 0.6) is 0 Å². The van der Waals surface area contributed by atoms with E-state index >= 15 is 0 Å². The summed E-state index contributed by atoms with van der Waals surface area (Å²) in [4.78, 5) is 46.8. The average Bonchev–Trinajstić information content (AvgIpc) is 3.48. The minimum Gasteiger partial charge on any atom is -0.379 e. The van der Waals surface area contributed by atoms with Gasteiger partial charge in [0.15, 0.2) is 5.82 Å². The Hall–Kier alpha value is -4.02. The third-order valence-corrected chi connectivity index (χ3v) is 7.17. The lowest BCUT2D eigenvalue weighted by Crippen LogP contribution is -2.38. The first-order chi connectivity index (χ1) is 17.0. The summed E-state index contributed by atoms with van der Waals surface area (Å²) in [5.74, 6) is -1.91. The van der Waals surface area contributed by atoms with Gasteiger partial charge in [-0.15, -0.1) is 0 Å². The molecule has 5 aromatic rings. The van der Waals surface area contributed by atoms with Gasteiger partial charge in [-0.1, -0.05) is 0 Å². The van der Waals surface area contributed by atoms with Crippen LogP contribution in [0.1, 0.15) is 20.7 Å². The lowest BCUT2D eigenvalue weighted by Gasteiger charge is -2.27. The number of nitrogens with one attached hydrogen (secondary N) is 3. The Labute approximate surface area is 196 Å². The molecule has 1 fully saturated rings. The summed E-state index contributed by atoms with van der Waals surface area (Å²) >= 11 is 0. The number of carbonyl (C=O) groups is 2. The van der Waals surface area contributed by atoms with Gasteiger partial charge in [-0.3, -0.25) is 24.6 Å². The molecule has 10 heteroatoms. The number of carbonyl (C=O) groups excluding carboxylic acids is 2. The smallest absolute Gasteiger partial charge is 0.259 e. The molecule has 3 N–H and O–H groups in total. The topological polar surface area (TPSA) is 112 Å². The Morgan fingerprint density at radius 3 is 2.54 bits per heavy atom. The van der Waals surface area contributed by atoms with Crippen molar-refractivity contribution in [2.45, 2.75) is 6.54 Å². The summed E-state index contributed by atoms with van der Waals surface area (Å²) < 4.78 is 21.9. The summed E-state index contributed by atoms with van der Waals surface area (Å²) in [6.45, 7) is 4.43. The fourth-order valence-corrected chi connectivity index (χ4v) is 5.62. The molecule has 0 radical (unpaired) electrons. The van der Waals surface area contributed by atoms with E-state index in [1.165, 1.54) is 6.07 Å². The number of H-pyrrole nitrogens is 2. The van der Waals surface area contributed by atoms with E-state index in [4.69, 9.17) is 4.74 Å². The maximum atomic E-state index is 14.3. The van der Waals surface area contributed by atoms with Crippen LogP contribution in [0.2, 0.25) is 0 Å². The van der Waals surface area contributed by atoms with Crippen molar-refractivity contribution in [3.8, 4) is 0 Å². The molecule has 0 aliphatic carbocycles. The fourth-order valence-electron chi connectivity index (χ4n) is 5.62. The highest BCUT2D eigenvalue weighted by Gasteiger charge is 2.36. The predicted octanol–water partition coefficient (Wildman–Crippen LogP) is 2.47. The number of benzene rings is 2. The van der Waals surface area contributed by atoms with E-state index in [2.05, 4.69) is 24.8 Å². The molecule has 2 aromatic carbocycles. The predicted molar refractivity (Wildman–Crippen MR) is 128 cm³/mol. The lowest BCUT2D eigenvalue weighted by molar-refractivity contribution is 0.0366. The van der Waals surface area contributed by atoms with Crippen LogP contribution in [0.15, 0.2) is 35.4 Å². The molecular weight excluding hydrogens is 453 g/mol. The number of fused-ring (bicyclic) bond motifs is 10. The third kappa shape index (κ3) is 2.77. The van der Waals surface area contributed by atoms with E-state index in [1.54, 1.807) is 6.20 Å². The Morgan fingerprint density at radius 1 is 0.971 bits per heavy atom. The molecule has 35 heavy (non-hydrogen) atoms. The Bertz CT molecular complexity index is 1790. The average molecular weight is 473 g/mol. The molecule has 0 unspecified atom stereocenters. The van der Waals surface area contributed by atoms with E-state index in [0.29, 0.717) is 47.0 Å². The van der Waals surface area contributed by atoms with E-state index in [9.17, 15) is 18.8 Å². The number of aromatic nitrogens is 3. The number of hydrogen-bond acceptors (Lipinski definition) is 5. The highest BCUT2D eigenvalue weighted by molar-refractivity contribution is 6.39. The van der Waals surface area contributed by atoms with Crippen LogP contribution in [0.4, 0.5) is 4.39 Å². The quantitative estimate of drug-likeness (QED) is 0.349. The number of aromatic amines is 2. The highest BCUT2D eigenvalue weighted by atomic mass is 19.1. The number of imide groups is 1. The molecule has 0 bridgehead atoms. The van der Waals surface area contributed by atoms with Gasteiger partial charge in [-0.05, 0) is 12.1 Å². The normalized spacial score (nSPS) is 16.7. The zero-order chi connectivity index (χ0) is 23.8. The second-order valence-electron chi connectivity index (χ2n) is 9.01. The van der Waals surface area contributed by atoms with Gasteiger partial charge in [0, 0.05) is 66.2 Å². The summed E-state index contributed by atoms with van der Waals surface area (Å²) in [5.41, 5.74) is 2.40. The van der Waals surface area contributed by atoms with E-state index in [1.807, 2.05) is 12.3 Å². The van der Waals surface area contributed by atoms with Crippen molar-refractivity contribution < 1.29 is 18.7 Å². The summed E-state index contributed by atoms with van der Waals surface area (Å²) in [6.07, 6.45) is 3.66. The van der Waals surface area contributed by atoms with Gasteiger partial charge < -0.3 is 19.3 Å². The van der Waals surface area contributed by atoms with Crippen LogP contribution >= 0.6 is 0 Å². The molecular formula is C25H20FN5O4. The molecule has 2 aliphatic heterocycles. The Morgan fingerprint density at radius 2 is 1.74 bits per heavy atom. The molecule has 0 atom stereocenters. The molecule has 1 saturated heterocycles. The first kappa shape index (κ1) is 20.4. The number of hydrogen-bond donors (Lipinski definition) is 3. The summed E-state index contributed by atoms with van der Waals surface area (Å²) in [6, 6.07) is 4.24. The van der Waals surface area contributed by atoms with Crippen LogP contribution in [0, 0.1) is 5.82 Å². The Balaban J connectivity index is 1.63. The number of pyridine rings is 1. The number of ether oxygens (including phenoxy) is 1. The van der Waals surface area contributed by atoms with Crippen molar-refractivity contribution in [3.05, 3.63) is 57.8 Å². The van der Waals surface area contributed by atoms with Crippen LogP contribution in [-0.2, 0) is 11.3 Å². The van der Waals surface area contributed by atoms with E-state index in [-0.39, 0.29) is 11.1 Å². The van der Waals surface area contributed by atoms with Crippen LogP contribution < -0.4 is 10.7 Å². The van der Waals surface area contributed by atoms with Gasteiger partial charge in [0.1, 0.15) is 0 Å². The number of nitrogens with zero attached hydrogens (tertiary/aromatic N) is 2. The van der Waals surface area contributed by atoms with Crippen LogP contribution in [0.25, 0.3) is 43.6 Å². The van der Waals surface area contributed by atoms with Gasteiger partial charge in [-0.2, -0.15) is 0 Å². The van der Waals surface area contributed by atoms with Crippen LogP contribution in [0.3, 0.4) is 0 Å². The number of halogens is 1. The molecule has 176 valence electrons. The van der Waals surface area contributed by atoms with Crippen molar-refractivity contribution >= 4 is 55.4 Å². The minimum atomic E-state index is -0.903. The summed E-state index contributed by atoms with van der Waals surface area (Å²) in [7, 11) is 0. The van der Waals surface area contributed by atoms with Gasteiger partial charge in [0.25, 0.3) is 11.8 Å². The molecule has 9 nitrogen and oxygen atoms in total.